The monoisotopic (exact) mass is 269 g/mol. The second-order valence-corrected chi connectivity index (χ2v) is 4.53. The van der Waals surface area contributed by atoms with E-state index in [-0.39, 0.29) is 17.9 Å². The topological polar surface area (TPSA) is 47.6 Å². The summed E-state index contributed by atoms with van der Waals surface area (Å²) in [6, 6.07) is 7.42. The number of hydrogen-bond donors (Lipinski definition) is 1. The zero-order valence-electron chi connectivity index (χ0n) is 10.2. The number of methoxy groups -OCH3 is 1. The summed E-state index contributed by atoms with van der Waals surface area (Å²) in [5.74, 6) is 0.785. The summed E-state index contributed by atoms with van der Waals surface area (Å²) in [7, 11) is 1.58. The fourth-order valence-corrected chi connectivity index (χ4v) is 2.17. The van der Waals surface area contributed by atoms with E-state index in [9.17, 15) is 4.79 Å². The predicted molar refractivity (Wildman–Crippen MR) is 69.2 cm³/mol. The average molecular weight is 270 g/mol. The summed E-state index contributed by atoms with van der Waals surface area (Å²) in [6.07, 6.45) is 0. The molecule has 1 heterocycles. The van der Waals surface area contributed by atoms with Crippen molar-refractivity contribution in [2.75, 3.05) is 26.2 Å². The van der Waals surface area contributed by atoms with Crippen LogP contribution in [-0.4, -0.2) is 38.2 Å². The van der Waals surface area contributed by atoms with Gasteiger partial charge in [-0.05, 0) is 6.07 Å². The summed E-state index contributed by atoms with van der Waals surface area (Å²) < 4.78 is 10.5. The lowest BCUT2D eigenvalue weighted by Gasteiger charge is -2.17. The highest BCUT2D eigenvalue weighted by molar-refractivity contribution is 6.18. The van der Waals surface area contributed by atoms with Crippen molar-refractivity contribution in [2.45, 2.75) is 12.0 Å². The lowest BCUT2D eigenvalue weighted by molar-refractivity contribution is -0.123. The number of carbonyl (C=O) groups is 1. The molecule has 1 aliphatic rings. The fourth-order valence-electron chi connectivity index (χ4n) is 2.01. The van der Waals surface area contributed by atoms with Gasteiger partial charge in [0.05, 0.1) is 12.6 Å². The molecule has 5 heteroatoms. The van der Waals surface area contributed by atoms with Crippen molar-refractivity contribution in [3.05, 3.63) is 29.8 Å². The number of fused-ring (bicyclic) bond motifs is 1. The Bertz CT molecular complexity index is 424. The van der Waals surface area contributed by atoms with E-state index in [1.807, 2.05) is 24.3 Å². The summed E-state index contributed by atoms with van der Waals surface area (Å²) in [4.78, 5) is 12.1. The van der Waals surface area contributed by atoms with Crippen LogP contribution in [0.4, 0.5) is 0 Å². The van der Waals surface area contributed by atoms with Gasteiger partial charge in [-0.25, -0.2) is 0 Å². The molecule has 2 rings (SSSR count). The first-order valence-electron chi connectivity index (χ1n) is 5.83. The molecule has 2 atom stereocenters. The smallest absolute Gasteiger partial charge is 0.231 e. The minimum Gasteiger partial charge on any atom is -0.492 e. The van der Waals surface area contributed by atoms with Gasteiger partial charge in [0.1, 0.15) is 18.3 Å². The molecule has 2 unspecified atom stereocenters. The summed E-state index contributed by atoms with van der Waals surface area (Å²) in [5, 5.41) is 2.87. The van der Waals surface area contributed by atoms with E-state index >= 15 is 0 Å². The number of hydrogen-bond acceptors (Lipinski definition) is 3. The third kappa shape index (κ3) is 2.76. The van der Waals surface area contributed by atoms with Crippen molar-refractivity contribution in [2.24, 2.45) is 0 Å². The van der Waals surface area contributed by atoms with Crippen molar-refractivity contribution >= 4 is 17.5 Å². The number of amides is 1. The van der Waals surface area contributed by atoms with Crippen LogP contribution in [-0.2, 0) is 9.53 Å². The molecule has 1 aromatic carbocycles. The first-order valence-corrected chi connectivity index (χ1v) is 6.36. The maximum absolute atomic E-state index is 12.1. The average Bonchev–Trinajstić information content (AvgIpc) is 2.82. The number of benzene rings is 1. The van der Waals surface area contributed by atoms with Crippen LogP contribution in [0.25, 0.3) is 0 Å². The van der Waals surface area contributed by atoms with Gasteiger partial charge in [-0.3, -0.25) is 4.79 Å². The van der Waals surface area contributed by atoms with E-state index in [1.165, 1.54) is 0 Å². The quantitative estimate of drug-likeness (QED) is 0.825. The Kier molecular flexibility index (Phi) is 4.44. The highest BCUT2D eigenvalue weighted by atomic mass is 35.5. The molecule has 0 radical (unpaired) electrons. The standard InChI is InChI=1S/C13H16ClNO3/c1-17-7-9(6-14)15-13(16)11-8-18-12-5-3-2-4-10(11)12/h2-5,9,11H,6-8H2,1H3,(H,15,16). The molecule has 98 valence electrons. The Morgan fingerprint density at radius 2 is 2.39 bits per heavy atom. The minimum absolute atomic E-state index is 0.0670. The Morgan fingerprint density at radius 1 is 1.61 bits per heavy atom. The number of ether oxygens (including phenoxy) is 2. The predicted octanol–water partition coefficient (Wildman–Crippen LogP) is 1.53. The molecule has 0 aliphatic carbocycles. The third-order valence-corrected chi connectivity index (χ3v) is 3.29. The maximum atomic E-state index is 12.1. The van der Waals surface area contributed by atoms with Crippen molar-refractivity contribution in [1.82, 2.24) is 5.32 Å². The number of rotatable bonds is 5. The molecule has 1 N–H and O–H groups in total. The number of nitrogens with one attached hydrogen (secondary N) is 1. The Balaban J connectivity index is 2.03. The second-order valence-electron chi connectivity index (χ2n) is 4.22. The van der Waals surface area contributed by atoms with Crippen molar-refractivity contribution in [3.63, 3.8) is 0 Å². The van der Waals surface area contributed by atoms with Crippen LogP contribution in [0.15, 0.2) is 24.3 Å². The molecular formula is C13H16ClNO3. The van der Waals surface area contributed by atoms with Crippen LogP contribution in [0.5, 0.6) is 5.75 Å². The Hall–Kier alpha value is -1.26. The SMILES string of the molecule is COCC(CCl)NC(=O)C1COc2ccccc21. The molecule has 0 saturated carbocycles. The Morgan fingerprint density at radius 3 is 3.11 bits per heavy atom. The fraction of sp³-hybridized carbons (Fsp3) is 0.462. The molecule has 1 amide bonds. The zero-order chi connectivity index (χ0) is 13.0. The van der Waals surface area contributed by atoms with Crippen LogP contribution in [0.1, 0.15) is 11.5 Å². The lowest BCUT2D eigenvalue weighted by Crippen LogP contribution is -2.42. The molecule has 0 saturated heterocycles. The van der Waals surface area contributed by atoms with Gasteiger partial charge < -0.3 is 14.8 Å². The van der Waals surface area contributed by atoms with E-state index in [0.717, 1.165) is 11.3 Å². The van der Waals surface area contributed by atoms with Gasteiger partial charge in [0, 0.05) is 18.6 Å². The molecule has 1 aromatic rings. The number of alkyl halides is 1. The van der Waals surface area contributed by atoms with E-state index in [4.69, 9.17) is 21.1 Å². The molecule has 0 spiro atoms. The maximum Gasteiger partial charge on any atom is 0.231 e. The van der Waals surface area contributed by atoms with Crippen LogP contribution in [0, 0.1) is 0 Å². The van der Waals surface area contributed by atoms with E-state index in [1.54, 1.807) is 7.11 Å². The van der Waals surface area contributed by atoms with Crippen LogP contribution in [0.3, 0.4) is 0 Å². The number of para-hydroxylation sites is 1. The van der Waals surface area contributed by atoms with Gasteiger partial charge >= 0.3 is 0 Å². The van der Waals surface area contributed by atoms with Crippen LogP contribution in [0.2, 0.25) is 0 Å². The van der Waals surface area contributed by atoms with E-state index < -0.39 is 0 Å². The number of halogens is 1. The van der Waals surface area contributed by atoms with Gasteiger partial charge in [-0.1, -0.05) is 18.2 Å². The van der Waals surface area contributed by atoms with E-state index in [2.05, 4.69) is 5.32 Å². The van der Waals surface area contributed by atoms with Crippen molar-refractivity contribution in [3.8, 4) is 5.75 Å². The van der Waals surface area contributed by atoms with Crippen molar-refractivity contribution in [1.29, 1.82) is 0 Å². The second kappa shape index (κ2) is 6.07. The highest BCUT2D eigenvalue weighted by Gasteiger charge is 2.30. The molecule has 0 aromatic heterocycles. The molecule has 0 fully saturated rings. The lowest BCUT2D eigenvalue weighted by atomic mass is 10.0. The summed E-state index contributed by atoms with van der Waals surface area (Å²) >= 11 is 5.77. The molecule has 18 heavy (non-hydrogen) atoms. The van der Waals surface area contributed by atoms with Gasteiger partial charge in [-0.15, -0.1) is 11.6 Å². The Labute approximate surface area is 111 Å². The zero-order valence-corrected chi connectivity index (χ0v) is 10.9. The highest BCUT2D eigenvalue weighted by Crippen LogP contribution is 2.33. The van der Waals surface area contributed by atoms with Gasteiger partial charge in [-0.2, -0.15) is 0 Å². The van der Waals surface area contributed by atoms with Crippen molar-refractivity contribution < 1.29 is 14.3 Å². The van der Waals surface area contributed by atoms with Crippen LogP contribution >= 0.6 is 11.6 Å². The molecule has 4 nitrogen and oxygen atoms in total. The first-order chi connectivity index (χ1) is 8.76. The molecular weight excluding hydrogens is 254 g/mol. The minimum atomic E-state index is -0.260. The van der Waals surface area contributed by atoms with Gasteiger partial charge in [0.2, 0.25) is 5.91 Å². The third-order valence-electron chi connectivity index (χ3n) is 2.92. The van der Waals surface area contributed by atoms with E-state index in [0.29, 0.717) is 19.1 Å². The first kappa shape index (κ1) is 13.2. The van der Waals surface area contributed by atoms with Gasteiger partial charge in [0.15, 0.2) is 0 Å². The normalized spacial score (nSPS) is 18.9. The van der Waals surface area contributed by atoms with Crippen LogP contribution < -0.4 is 10.1 Å². The molecule has 1 aliphatic heterocycles. The summed E-state index contributed by atoms with van der Waals surface area (Å²) in [6.45, 7) is 0.789. The molecule has 0 bridgehead atoms. The largest absolute Gasteiger partial charge is 0.492 e. The van der Waals surface area contributed by atoms with Gasteiger partial charge in [0.25, 0.3) is 0 Å². The number of carbonyl (C=O) groups excluding carboxylic acids is 1. The summed E-state index contributed by atoms with van der Waals surface area (Å²) in [5.41, 5.74) is 0.931.